The van der Waals surface area contributed by atoms with Gasteiger partial charge in [-0.05, 0) is 31.2 Å². The molecule has 0 atom stereocenters. The summed E-state index contributed by atoms with van der Waals surface area (Å²) in [4.78, 5) is 23.4. The van der Waals surface area contributed by atoms with E-state index < -0.39 is 0 Å². The molecule has 0 fully saturated rings. The number of benzene rings is 1. The number of nitrogens with one attached hydrogen (secondary N) is 2. The van der Waals surface area contributed by atoms with Crippen LogP contribution in [-0.2, 0) is 4.79 Å². The van der Waals surface area contributed by atoms with Crippen LogP contribution in [0.4, 0.5) is 0 Å². The Morgan fingerprint density at radius 1 is 1.26 bits per heavy atom. The molecule has 0 spiro atoms. The van der Waals surface area contributed by atoms with E-state index in [9.17, 15) is 4.79 Å². The van der Waals surface area contributed by atoms with Crippen LogP contribution in [0.2, 0.25) is 0 Å². The number of aromatic amines is 1. The topological polar surface area (TPSA) is 83.0 Å². The lowest BCUT2D eigenvalue weighted by atomic mass is 10.2. The Morgan fingerprint density at radius 3 is 2.83 bits per heavy atom. The summed E-state index contributed by atoms with van der Waals surface area (Å²) < 4.78 is 0. The average molecular weight is 325 g/mol. The van der Waals surface area contributed by atoms with E-state index in [2.05, 4.69) is 25.5 Å². The maximum absolute atomic E-state index is 11.9. The first-order chi connectivity index (χ1) is 11.2. The summed E-state index contributed by atoms with van der Waals surface area (Å²) in [5.74, 6) is 0.0660. The molecule has 0 saturated heterocycles. The molecule has 0 unspecified atom stereocenters. The van der Waals surface area contributed by atoms with Crippen LogP contribution < -0.4 is 5.43 Å². The molecule has 0 saturated carbocycles. The fraction of sp³-hybridized carbons (Fsp3) is 0.125. The molecule has 116 valence electrons. The lowest BCUT2D eigenvalue weighted by molar-refractivity contribution is -0.118. The van der Waals surface area contributed by atoms with Crippen LogP contribution in [0.15, 0.2) is 59.0 Å². The number of hydrogen-bond acceptors (Lipinski definition) is 5. The number of H-pyrrole nitrogens is 1. The van der Waals surface area contributed by atoms with Crippen molar-refractivity contribution < 1.29 is 4.79 Å². The lowest BCUT2D eigenvalue weighted by Gasteiger charge is -2.01. The third-order valence-corrected chi connectivity index (χ3v) is 4.03. The first-order valence-corrected chi connectivity index (χ1v) is 8.02. The molecule has 2 N–H and O–H groups in total. The molecule has 0 radical (unpaired) electrons. The Bertz CT molecular complexity index is 811. The van der Waals surface area contributed by atoms with E-state index in [0.29, 0.717) is 0 Å². The summed E-state index contributed by atoms with van der Waals surface area (Å²) in [7, 11) is 0. The molecular formula is C16H15N5OS. The number of amides is 1. The maximum atomic E-state index is 11.9. The van der Waals surface area contributed by atoms with Crippen molar-refractivity contribution in [1.29, 1.82) is 0 Å². The monoisotopic (exact) mass is 325 g/mol. The Balaban J connectivity index is 1.55. The van der Waals surface area contributed by atoms with Gasteiger partial charge >= 0.3 is 0 Å². The van der Waals surface area contributed by atoms with Crippen molar-refractivity contribution in [3.8, 4) is 0 Å². The number of imidazole rings is 1. The minimum Gasteiger partial charge on any atom is -0.333 e. The molecule has 0 aliphatic carbocycles. The highest BCUT2D eigenvalue weighted by molar-refractivity contribution is 7.99. The van der Waals surface area contributed by atoms with Gasteiger partial charge in [0.05, 0.1) is 22.5 Å². The van der Waals surface area contributed by atoms with Crippen molar-refractivity contribution in [3.05, 3.63) is 54.4 Å². The van der Waals surface area contributed by atoms with Gasteiger partial charge in [0.15, 0.2) is 5.16 Å². The molecule has 2 aromatic heterocycles. The smallest absolute Gasteiger partial charge is 0.250 e. The van der Waals surface area contributed by atoms with Crippen LogP contribution in [-0.4, -0.2) is 32.3 Å². The normalized spacial score (nSPS) is 11.6. The summed E-state index contributed by atoms with van der Waals surface area (Å²) in [6.07, 6.45) is 3.38. The minimum absolute atomic E-state index is 0.177. The number of carbonyl (C=O) groups is 1. The zero-order valence-electron chi connectivity index (χ0n) is 12.5. The Labute approximate surface area is 137 Å². The molecule has 0 aliphatic heterocycles. The highest BCUT2D eigenvalue weighted by Crippen LogP contribution is 2.18. The van der Waals surface area contributed by atoms with Crippen molar-refractivity contribution in [2.45, 2.75) is 12.1 Å². The van der Waals surface area contributed by atoms with Crippen LogP contribution in [0, 0.1) is 0 Å². The highest BCUT2D eigenvalue weighted by atomic mass is 32.2. The summed E-state index contributed by atoms with van der Waals surface area (Å²) >= 11 is 1.34. The predicted molar refractivity (Wildman–Crippen MR) is 91.4 cm³/mol. The second kappa shape index (κ2) is 7.06. The number of aromatic nitrogens is 3. The molecule has 7 heteroatoms. The summed E-state index contributed by atoms with van der Waals surface area (Å²) in [5, 5.41) is 4.81. The molecule has 1 aromatic carbocycles. The number of para-hydroxylation sites is 2. The number of hydrazone groups is 1. The third-order valence-electron chi connectivity index (χ3n) is 3.15. The lowest BCUT2D eigenvalue weighted by Crippen LogP contribution is -2.21. The van der Waals surface area contributed by atoms with Crippen LogP contribution >= 0.6 is 11.8 Å². The number of rotatable bonds is 5. The van der Waals surface area contributed by atoms with Gasteiger partial charge in [0.2, 0.25) is 0 Å². The number of thioether (sulfide) groups is 1. The van der Waals surface area contributed by atoms with E-state index >= 15 is 0 Å². The van der Waals surface area contributed by atoms with E-state index in [4.69, 9.17) is 0 Å². The van der Waals surface area contributed by atoms with Crippen molar-refractivity contribution in [3.63, 3.8) is 0 Å². The third kappa shape index (κ3) is 3.95. The highest BCUT2D eigenvalue weighted by Gasteiger charge is 2.06. The molecule has 3 aromatic rings. The van der Waals surface area contributed by atoms with Gasteiger partial charge in [-0.2, -0.15) is 5.10 Å². The second-order valence-electron chi connectivity index (χ2n) is 4.82. The molecule has 3 rings (SSSR count). The number of carbonyl (C=O) groups excluding carboxylic acids is 1. The molecule has 23 heavy (non-hydrogen) atoms. The molecular weight excluding hydrogens is 310 g/mol. The van der Waals surface area contributed by atoms with Crippen molar-refractivity contribution in [1.82, 2.24) is 20.4 Å². The summed E-state index contributed by atoms with van der Waals surface area (Å²) in [6.45, 7) is 1.84. The molecule has 2 heterocycles. The van der Waals surface area contributed by atoms with Gasteiger partial charge in [-0.25, -0.2) is 10.4 Å². The second-order valence-corrected chi connectivity index (χ2v) is 5.78. The van der Waals surface area contributed by atoms with Crippen LogP contribution in [0.1, 0.15) is 12.5 Å². The van der Waals surface area contributed by atoms with Gasteiger partial charge in [0.1, 0.15) is 0 Å². The zero-order valence-corrected chi connectivity index (χ0v) is 13.3. The Kier molecular flexibility index (Phi) is 4.68. The number of fused-ring (bicyclic) bond motifs is 1. The molecule has 0 aliphatic rings. The minimum atomic E-state index is -0.177. The quantitative estimate of drug-likeness (QED) is 0.429. The van der Waals surface area contributed by atoms with E-state index in [0.717, 1.165) is 27.5 Å². The van der Waals surface area contributed by atoms with Crippen LogP contribution in [0.5, 0.6) is 0 Å². The van der Waals surface area contributed by atoms with Gasteiger partial charge in [0.25, 0.3) is 5.91 Å². The molecule has 0 bridgehead atoms. The Morgan fingerprint density at radius 2 is 2.04 bits per heavy atom. The average Bonchev–Trinajstić information content (AvgIpc) is 3.01. The SMILES string of the molecule is C/C(=N\NC(=O)CSc1nc2ccccc2[nH]1)c1ccncc1. The number of pyridine rings is 1. The van der Waals surface area contributed by atoms with Gasteiger partial charge in [0, 0.05) is 18.0 Å². The van der Waals surface area contributed by atoms with E-state index in [1.807, 2.05) is 43.3 Å². The fourth-order valence-electron chi connectivity index (χ4n) is 1.97. The van der Waals surface area contributed by atoms with Crippen molar-refractivity contribution in [2.24, 2.45) is 5.10 Å². The number of nitrogens with zero attached hydrogens (tertiary/aromatic N) is 3. The largest absolute Gasteiger partial charge is 0.333 e. The van der Waals surface area contributed by atoms with Gasteiger partial charge in [-0.15, -0.1) is 0 Å². The van der Waals surface area contributed by atoms with E-state index in [-0.39, 0.29) is 11.7 Å². The van der Waals surface area contributed by atoms with Gasteiger partial charge in [-0.1, -0.05) is 23.9 Å². The van der Waals surface area contributed by atoms with E-state index in [1.165, 1.54) is 11.8 Å². The van der Waals surface area contributed by atoms with Crippen LogP contribution in [0.25, 0.3) is 11.0 Å². The fourth-order valence-corrected chi connectivity index (χ4v) is 2.65. The molecule has 6 nitrogen and oxygen atoms in total. The summed E-state index contributed by atoms with van der Waals surface area (Å²) in [6, 6.07) is 11.4. The predicted octanol–water partition coefficient (Wildman–Crippen LogP) is 2.59. The summed E-state index contributed by atoms with van der Waals surface area (Å²) in [5.41, 5.74) is 6.05. The van der Waals surface area contributed by atoms with Gasteiger partial charge < -0.3 is 4.98 Å². The maximum Gasteiger partial charge on any atom is 0.250 e. The van der Waals surface area contributed by atoms with E-state index in [1.54, 1.807) is 12.4 Å². The first kappa shape index (κ1) is 15.2. The Hall–Kier alpha value is -2.67. The molecule has 1 amide bonds. The van der Waals surface area contributed by atoms with Crippen molar-refractivity contribution in [2.75, 3.05) is 5.75 Å². The first-order valence-electron chi connectivity index (χ1n) is 7.03. The van der Waals surface area contributed by atoms with Gasteiger partial charge in [-0.3, -0.25) is 9.78 Å². The van der Waals surface area contributed by atoms with Crippen molar-refractivity contribution >= 4 is 34.4 Å². The zero-order chi connectivity index (χ0) is 16.1. The standard InChI is InChI=1S/C16H15N5OS/c1-11(12-6-8-17-9-7-12)20-21-15(22)10-23-16-18-13-4-2-3-5-14(13)19-16/h2-9H,10H2,1H3,(H,18,19)(H,21,22)/b20-11+. The van der Waals surface area contributed by atoms with Crippen LogP contribution in [0.3, 0.4) is 0 Å². The number of hydrogen-bond donors (Lipinski definition) is 2.